The summed E-state index contributed by atoms with van der Waals surface area (Å²) in [6, 6.07) is 13.5. The molecule has 0 unspecified atom stereocenters. The van der Waals surface area contributed by atoms with Crippen molar-refractivity contribution in [2.75, 3.05) is 11.9 Å². The number of hydrogen-bond acceptors (Lipinski definition) is 3. The summed E-state index contributed by atoms with van der Waals surface area (Å²) in [5, 5.41) is 3.06. The van der Waals surface area contributed by atoms with E-state index in [-0.39, 0.29) is 6.10 Å². The fourth-order valence-corrected chi connectivity index (χ4v) is 1.91. The molecule has 0 spiro atoms. The summed E-state index contributed by atoms with van der Waals surface area (Å²) in [7, 11) is 0. The van der Waals surface area contributed by atoms with Gasteiger partial charge in [0.15, 0.2) is 5.96 Å². The van der Waals surface area contributed by atoms with E-state index < -0.39 is 0 Å². The Hall–Kier alpha value is -2.56. The second kappa shape index (κ2) is 8.02. The molecule has 0 atom stereocenters. The first-order valence-electron chi connectivity index (χ1n) is 7.37. The van der Waals surface area contributed by atoms with Gasteiger partial charge in [-0.15, -0.1) is 0 Å². The molecule has 5 heteroatoms. The topological polar surface area (TPSA) is 72.5 Å². The number of ether oxygens (including phenoxy) is 1. The molecule has 116 valence electrons. The van der Waals surface area contributed by atoms with Gasteiger partial charge in [-0.05, 0) is 50.2 Å². The molecule has 1 heterocycles. The number of aromatic nitrogens is 1. The highest BCUT2D eigenvalue weighted by atomic mass is 16.5. The van der Waals surface area contributed by atoms with Gasteiger partial charge in [-0.1, -0.05) is 6.07 Å². The van der Waals surface area contributed by atoms with E-state index in [1.807, 2.05) is 56.3 Å². The first-order valence-corrected chi connectivity index (χ1v) is 7.37. The summed E-state index contributed by atoms with van der Waals surface area (Å²) in [4.78, 5) is 8.55. The number of guanidine groups is 1. The van der Waals surface area contributed by atoms with Crippen LogP contribution in [0.3, 0.4) is 0 Å². The molecule has 1 aromatic heterocycles. The van der Waals surface area contributed by atoms with Gasteiger partial charge in [-0.25, -0.2) is 0 Å². The molecule has 0 aliphatic carbocycles. The molecular weight excluding hydrogens is 276 g/mol. The standard InChI is InChI=1S/C17H22N4O/c1-13(2)22-16-8-6-15(7-9-16)21-17(18)20-12-10-14-5-3-4-11-19-14/h3-9,11,13H,10,12H2,1-2H3,(H3,18,20,21). The summed E-state index contributed by atoms with van der Waals surface area (Å²) in [6.07, 6.45) is 2.71. The lowest BCUT2D eigenvalue weighted by Crippen LogP contribution is -2.23. The third-order valence-corrected chi connectivity index (χ3v) is 2.87. The van der Waals surface area contributed by atoms with Crippen molar-refractivity contribution in [3.05, 3.63) is 54.4 Å². The van der Waals surface area contributed by atoms with Gasteiger partial charge in [0.2, 0.25) is 0 Å². The monoisotopic (exact) mass is 298 g/mol. The smallest absolute Gasteiger partial charge is 0.193 e. The van der Waals surface area contributed by atoms with Crippen molar-refractivity contribution in [2.45, 2.75) is 26.4 Å². The minimum Gasteiger partial charge on any atom is -0.491 e. The van der Waals surface area contributed by atoms with E-state index in [9.17, 15) is 0 Å². The van der Waals surface area contributed by atoms with Gasteiger partial charge in [-0.3, -0.25) is 9.98 Å². The maximum atomic E-state index is 5.88. The molecule has 22 heavy (non-hydrogen) atoms. The molecule has 2 rings (SSSR count). The maximum absolute atomic E-state index is 5.88. The van der Waals surface area contributed by atoms with Gasteiger partial charge >= 0.3 is 0 Å². The number of rotatable bonds is 6. The largest absolute Gasteiger partial charge is 0.491 e. The Morgan fingerprint density at radius 1 is 1.23 bits per heavy atom. The Kier molecular flexibility index (Phi) is 5.77. The minimum absolute atomic E-state index is 0.164. The fraction of sp³-hybridized carbons (Fsp3) is 0.294. The van der Waals surface area contributed by atoms with E-state index in [0.717, 1.165) is 23.6 Å². The highest BCUT2D eigenvalue weighted by Gasteiger charge is 1.99. The van der Waals surface area contributed by atoms with Gasteiger partial charge in [0, 0.05) is 30.5 Å². The zero-order chi connectivity index (χ0) is 15.8. The number of anilines is 1. The van der Waals surface area contributed by atoms with E-state index in [1.165, 1.54) is 0 Å². The van der Waals surface area contributed by atoms with Crippen molar-refractivity contribution in [1.82, 2.24) is 4.98 Å². The first kappa shape index (κ1) is 15.8. The predicted octanol–water partition coefficient (Wildman–Crippen LogP) is 2.84. The van der Waals surface area contributed by atoms with Crippen molar-refractivity contribution in [1.29, 1.82) is 0 Å². The summed E-state index contributed by atoms with van der Waals surface area (Å²) in [5.41, 5.74) is 7.77. The van der Waals surface area contributed by atoms with E-state index in [0.29, 0.717) is 12.5 Å². The molecule has 0 saturated heterocycles. The quantitative estimate of drug-likeness (QED) is 0.635. The lowest BCUT2D eigenvalue weighted by Gasteiger charge is -2.10. The second-order valence-corrected chi connectivity index (χ2v) is 5.15. The number of nitrogens with two attached hydrogens (primary N) is 1. The summed E-state index contributed by atoms with van der Waals surface area (Å²) < 4.78 is 5.59. The highest BCUT2D eigenvalue weighted by Crippen LogP contribution is 2.16. The van der Waals surface area contributed by atoms with Crippen molar-refractivity contribution < 1.29 is 4.74 Å². The highest BCUT2D eigenvalue weighted by molar-refractivity contribution is 5.92. The molecule has 0 bridgehead atoms. The number of benzene rings is 1. The van der Waals surface area contributed by atoms with Crippen LogP contribution in [0.2, 0.25) is 0 Å². The van der Waals surface area contributed by atoms with Gasteiger partial charge in [-0.2, -0.15) is 0 Å². The Bertz CT molecular complexity index is 594. The first-order chi connectivity index (χ1) is 10.6. The molecule has 0 radical (unpaired) electrons. The molecule has 1 aromatic carbocycles. The van der Waals surface area contributed by atoms with Crippen LogP contribution in [0, 0.1) is 0 Å². The summed E-state index contributed by atoms with van der Waals surface area (Å²) in [6.45, 7) is 4.60. The Labute approximate surface area is 131 Å². The fourth-order valence-electron chi connectivity index (χ4n) is 1.91. The van der Waals surface area contributed by atoms with Gasteiger partial charge < -0.3 is 15.8 Å². The van der Waals surface area contributed by atoms with Gasteiger partial charge in [0.1, 0.15) is 5.75 Å². The molecule has 0 aliphatic heterocycles. The third kappa shape index (κ3) is 5.44. The lowest BCUT2D eigenvalue weighted by molar-refractivity contribution is 0.242. The van der Waals surface area contributed by atoms with Crippen molar-refractivity contribution in [2.24, 2.45) is 10.7 Å². The summed E-state index contributed by atoms with van der Waals surface area (Å²) in [5.74, 6) is 1.24. The molecule has 2 aromatic rings. The van der Waals surface area contributed by atoms with E-state index in [4.69, 9.17) is 10.5 Å². The molecular formula is C17H22N4O. The number of pyridine rings is 1. The average Bonchev–Trinajstić information content (AvgIpc) is 2.50. The van der Waals surface area contributed by atoms with Gasteiger partial charge in [0.25, 0.3) is 0 Å². The second-order valence-electron chi connectivity index (χ2n) is 5.15. The van der Waals surface area contributed by atoms with Crippen LogP contribution in [0.15, 0.2) is 53.7 Å². The number of aliphatic imine (C=N–C) groups is 1. The Balaban J connectivity index is 1.83. The molecule has 5 nitrogen and oxygen atoms in total. The normalized spacial score (nSPS) is 11.5. The lowest BCUT2D eigenvalue weighted by atomic mass is 10.3. The zero-order valence-electron chi connectivity index (χ0n) is 13.0. The molecule has 3 N–H and O–H groups in total. The number of nitrogens with one attached hydrogen (secondary N) is 1. The molecule has 0 aliphatic rings. The Morgan fingerprint density at radius 2 is 2.00 bits per heavy atom. The third-order valence-electron chi connectivity index (χ3n) is 2.87. The van der Waals surface area contributed by atoms with Crippen LogP contribution in [-0.2, 0) is 6.42 Å². The Morgan fingerprint density at radius 3 is 2.64 bits per heavy atom. The van der Waals surface area contributed by atoms with Crippen LogP contribution in [0.5, 0.6) is 5.75 Å². The number of hydrogen-bond donors (Lipinski definition) is 2. The predicted molar refractivity (Wildman–Crippen MR) is 90.3 cm³/mol. The van der Waals surface area contributed by atoms with Crippen molar-refractivity contribution in [3.63, 3.8) is 0 Å². The van der Waals surface area contributed by atoms with E-state index >= 15 is 0 Å². The molecule has 0 amide bonds. The maximum Gasteiger partial charge on any atom is 0.193 e. The van der Waals surface area contributed by atoms with Crippen LogP contribution in [0.1, 0.15) is 19.5 Å². The van der Waals surface area contributed by atoms with Crippen LogP contribution < -0.4 is 15.8 Å². The number of nitrogens with zero attached hydrogens (tertiary/aromatic N) is 2. The van der Waals surface area contributed by atoms with Crippen molar-refractivity contribution >= 4 is 11.6 Å². The van der Waals surface area contributed by atoms with Crippen LogP contribution in [0.4, 0.5) is 5.69 Å². The van der Waals surface area contributed by atoms with Crippen molar-refractivity contribution in [3.8, 4) is 5.75 Å². The SMILES string of the molecule is CC(C)Oc1ccc(NC(N)=NCCc2ccccn2)cc1. The van der Waals surface area contributed by atoms with Gasteiger partial charge in [0.05, 0.1) is 6.10 Å². The molecule has 0 fully saturated rings. The zero-order valence-corrected chi connectivity index (χ0v) is 13.0. The molecule has 0 saturated carbocycles. The minimum atomic E-state index is 0.164. The van der Waals surface area contributed by atoms with Crippen LogP contribution in [0.25, 0.3) is 0 Å². The summed E-state index contributed by atoms with van der Waals surface area (Å²) >= 11 is 0. The van der Waals surface area contributed by atoms with Crippen LogP contribution in [-0.4, -0.2) is 23.6 Å². The van der Waals surface area contributed by atoms with E-state index in [2.05, 4.69) is 15.3 Å². The van der Waals surface area contributed by atoms with E-state index in [1.54, 1.807) is 6.20 Å². The average molecular weight is 298 g/mol. The van der Waals surface area contributed by atoms with Crippen LogP contribution >= 0.6 is 0 Å².